The van der Waals surface area contributed by atoms with Gasteiger partial charge in [0, 0.05) is 5.56 Å². The van der Waals surface area contributed by atoms with E-state index in [0.29, 0.717) is 33.1 Å². The van der Waals surface area contributed by atoms with Gasteiger partial charge in [-0.15, -0.1) is 0 Å². The number of hydrogen-bond donors (Lipinski definition) is 0. The second-order valence-electron chi connectivity index (χ2n) is 10.5. The second kappa shape index (κ2) is 11.1. The van der Waals surface area contributed by atoms with E-state index in [0.717, 1.165) is 16.9 Å². The molecule has 10 heteroatoms. The number of methoxy groups -OCH3 is 1. The molecule has 1 unspecified atom stereocenters. The topological polar surface area (TPSA) is 90.2 Å². The number of amides is 1. The van der Waals surface area contributed by atoms with Crippen LogP contribution in [0.25, 0.3) is 5.57 Å². The van der Waals surface area contributed by atoms with Crippen molar-refractivity contribution in [2.24, 2.45) is 4.99 Å². The lowest BCUT2D eigenvalue weighted by Crippen LogP contribution is -2.41. The van der Waals surface area contributed by atoms with Gasteiger partial charge >= 0.3 is 5.97 Å². The quantitative estimate of drug-likeness (QED) is 0.310. The van der Waals surface area contributed by atoms with Crippen LogP contribution in [0.2, 0.25) is 0 Å². The Balaban J connectivity index is 1.55. The van der Waals surface area contributed by atoms with Crippen LogP contribution in [0, 0.1) is 5.82 Å². The van der Waals surface area contributed by atoms with E-state index < -0.39 is 17.6 Å². The first-order valence-corrected chi connectivity index (χ1v) is 14.6. The molecule has 0 N–H and O–H groups in total. The first kappa shape index (κ1) is 28.3. The van der Waals surface area contributed by atoms with Crippen LogP contribution >= 0.6 is 11.3 Å². The number of fused-ring (bicyclic) bond motifs is 2. The average molecular weight is 598 g/mol. The molecule has 2 aliphatic rings. The van der Waals surface area contributed by atoms with Gasteiger partial charge in [-0.2, -0.15) is 0 Å². The van der Waals surface area contributed by atoms with Gasteiger partial charge in [-0.3, -0.25) is 14.2 Å². The third-order valence-electron chi connectivity index (χ3n) is 7.40. The fourth-order valence-corrected chi connectivity index (χ4v) is 6.58. The largest absolute Gasteiger partial charge is 0.497 e. The molecular formula is C33H28FN3O5S. The molecular weight excluding hydrogens is 569 g/mol. The van der Waals surface area contributed by atoms with Gasteiger partial charge in [0.25, 0.3) is 11.5 Å². The Kier molecular flexibility index (Phi) is 7.31. The minimum Gasteiger partial charge on any atom is -0.497 e. The van der Waals surface area contributed by atoms with Crippen molar-refractivity contribution in [2.45, 2.75) is 39.5 Å². The number of para-hydroxylation sites is 1. The highest BCUT2D eigenvalue weighted by molar-refractivity contribution is 7.07. The van der Waals surface area contributed by atoms with Crippen molar-refractivity contribution in [1.29, 1.82) is 0 Å². The molecule has 1 aromatic heterocycles. The van der Waals surface area contributed by atoms with E-state index in [4.69, 9.17) is 9.47 Å². The van der Waals surface area contributed by atoms with Crippen LogP contribution in [-0.4, -0.2) is 29.7 Å². The van der Waals surface area contributed by atoms with Crippen molar-refractivity contribution < 1.29 is 23.5 Å². The number of carbonyl (C=O) groups is 2. The van der Waals surface area contributed by atoms with E-state index in [1.54, 1.807) is 69.2 Å². The zero-order chi connectivity index (χ0) is 30.4. The molecule has 1 atom stereocenters. The minimum atomic E-state index is -0.829. The van der Waals surface area contributed by atoms with Gasteiger partial charge in [-0.25, -0.2) is 14.2 Å². The number of carbonyl (C=O) groups excluding carboxylic acids is 2. The molecule has 4 aromatic rings. The van der Waals surface area contributed by atoms with Crippen LogP contribution < -0.4 is 24.5 Å². The zero-order valence-corrected chi connectivity index (χ0v) is 24.8. The summed E-state index contributed by atoms with van der Waals surface area (Å²) in [6.45, 7) is 5.44. The number of anilines is 1. The summed E-state index contributed by atoms with van der Waals surface area (Å²) in [7, 11) is 1.56. The average Bonchev–Trinajstić information content (AvgIpc) is 3.45. The molecule has 3 aromatic carbocycles. The van der Waals surface area contributed by atoms with Gasteiger partial charge in [0.1, 0.15) is 16.1 Å². The molecule has 3 heterocycles. The van der Waals surface area contributed by atoms with E-state index in [-0.39, 0.29) is 40.1 Å². The summed E-state index contributed by atoms with van der Waals surface area (Å²) in [5.41, 5.74) is 3.20. The molecule has 6 rings (SSSR count). The summed E-state index contributed by atoms with van der Waals surface area (Å²) in [5, 5.41) is 0. The van der Waals surface area contributed by atoms with E-state index >= 15 is 0 Å². The highest BCUT2D eigenvalue weighted by Crippen LogP contribution is 2.37. The highest BCUT2D eigenvalue weighted by Gasteiger charge is 2.37. The highest BCUT2D eigenvalue weighted by atomic mass is 32.1. The van der Waals surface area contributed by atoms with E-state index in [1.165, 1.54) is 16.7 Å². The van der Waals surface area contributed by atoms with Crippen LogP contribution in [0.3, 0.4) is 0 Å². The number of nitrogens with zero attached hydrogens (tertiary/aromatic N) is 3. The number of ether oxygens (including phenoxy) is 2. The molecule has 1 amide bonds. The number of esters is 1. The predicted molar refractivity (Wildman–Crippen MR) is 161 cm³/mol. The summed E-state index contributed by atoms with van der Waals surface area (Å²) < 4.78 is 26.1. The van der Waals surface area contributed by atoms with Crippen LogP contribution in [0.15, 0.2) is 93.9 Å². The molecule has 218 valence electrons. The third kappa shape index (κ3) is 4.97. The Bertz CT molecular complexity index is 1970. The summed E-state index contributed by atoms with van der Waals surface area (Å²) >= 11 is 1.11. The molecule has 0 radical (unpaired) electrons. The van der Waals surface area contributed by atoms with Crippen LogP contribution in [0.1, 0.15) is 43.5 Å². The Morgan fingerprint density at radius 3 is 2.40 bits per heavy atom. The molecule has 43 heavy (non-hydrogen) atoms. The van der Waals surface area contributed by atoms with Gasteiger partial charge in [0.2, 0.25) is 0 Å². The van der Waals surface area contributed by atoms with Crippen molar-refractivity contribution in [1.82, 2.24) is 4.57 Å². The maximum absolute atomic E-state index is 14.3. The summed E-state index contributed by atoms with van der Waals surface area (Å²) in [6, 6.07) is 19.5. The maximum atomic E-state index is 14.3. The van der Waals surface area contributed by atoms with E-state index in [9.17, 15) is 18.8 Å². The molecule has 0 spiro atoms. The van der Waals surface area contributed by atoms with Gasteiger partial charge < -0.3 is 14.4 Å². The smallest absolute Gasteiger partial charge is 0.338 e. The third-order valence-corrected chi connectivity index (χ3v) is 8.45. The van der Waals surface area contributed by atoms with Gasteiger partial charge in [0.05, 0.1) is 48.3 Å². The summed E-state index contributed by atoms with van der Waals surface area (Å²) in [6.07, 6.45) is -0.379. The number of benzene rings is 3. The van der Waals surface area contributed by atoms with Gasteiger partial charge in [0.15, 0.2) is 4.80 Å². The Morgan fingerprint density at radius 1 is 1.02 bits per heavy atom. The lowest BCUT2D eigenvalue weighted by Gasteiger charge is -2.25. The molecule has 2 aliphatic heterocycles. The van der Waals surface area contributed by atoms with Crippen molar-refractivity contribution >= 4 is 34.5 Å². The van der Waals surface area contributed by atoms with Crippen molar-refractivity contribution in [3.05, 3.63) is 126 Å². The molecule has 0 fully saturated rings. The van der Waals surface area contributed by atoms with Crippen LogP contribution in [0.5, 0.6) is 5.75 Å². The molecule has 0 saturated carbocycles. The Hall–Kier alpha value is -4.83. The second-order valence-corrected chi connectivity index (χ2v) is 11.5. The lowest BCUT2D eigenvalue weighted by atomic mass is 9.95. The molecule has 0 saturated heterocycles. The number of halogens is 1. The summed E-state index contributed by atoms with van der Waals surface area (Å²) in [5.74, 6) is -0.647. The normalized spacial score (nSPS) is 17.1. The predicted octanol–water partition coefficient (Wildman–Crippen LogP) is 4.25. The molecule has 8 nitrogen and oxygen atoms in total. The van der Waals surface area contributed by atoms with Crippen molar-refractivity contribution in [3.63, 3.8) is 0 Å². The fraction of sp³-hybridized carbons (Fsp3) is 0.212. The minimum absolute atomic E-state index is 0.205. The van der Waals surface area contributed by atoms with Crippen LogP contribution in [-0.2, 0) is 20.9 Å². The standard InChI is InChI=1S/C33H28FN3O5S/c1-18(2)42-32(40)26-19(3)35-33-37(28(26)21-11-15-23(41-4)16-12-21)31(39)29(43-33)27-24-7-5-6-8-25(24)36(30(27)38)17-20-9-13-22(34)14-10-20/h5-16,18,28H,17H2,1-4H3/b29-27-. The van der Waals surface area contributed by atoms with Crippen molar-refractivity contribution in [3.8, 4) is 5.75 Å². The summed E-state index contributed by atoms with van der Waals surface area (Å²) in [4.78, 5) is 48.4. The molecule has 0 aliphatic carbocycles. The van der Waals surface area contributed by atoms with Crippen molar-refractivity contribution in [2.75, 3.05) is 12.0 Å². The monoisotopic (exact) mass is 597 g/mol. The first-order chi connectivity index (χ1) is 20.7. The Morgan fingerprint density at radius 2 is 1.72 bits per heavy atom. The Labute approximate surface area is 250 Å². The number of hydrogen-bond acceptors (Lipinski definition) is 7. The molecule has 0 bridgehead atoms. The van der Waals surface area contributed by atoms with Gasteiger partial charge in [-0.1, -0.05) is 53.8 Å². The number of rotatable bonds is 6. The number of aromatic nitrogens is 1. The lowest BCUT2D eigenvalue weighted by molar-refractivity contribution is -0.143. The number of allylic oxidation sites excluding steroid dienone is 1. The maximum Gasteiger partial charge on any atom is 0.338 e. The zero-order valence-electron chi connectivity index (χ0n) is 24.0. The van der Waals surface area contributed by atoms with Crippen LogP contribution in [0.4, 0.5) is 10.1 Å². The van der Waals surface area contributed by atoms with E-state index in [1.807, 2.05) is 24.3 Å². The SMILES string of the molecule is COc1ccc(C2C(C(=O)OC(C)C)=C(C)N=c3s/c(=C4\C(=O)N(Cc5ccc(F)cc5)c5ccccc54)c(=O)n32)cc1. The van der Waals surface area contributed by atoms with E-state index in [2.05, 4.69) is 4.99 Å². The van der Waals surface area contributed by atoms with Gasteiger partial charge in [-0.05, 0) is 62.2 Å². The fourth-order valence-electron chi connectivity index (χ4n) is 5.44. The number of thiazole rings is 1. The first-order valence-electron chi connectivity index (χ1n) is 13.7.